The molecule has 2 heteroatoms. The molecule has 0 atom stereocenters. The highest BCUT2D eigenvalue weighted by Crippen LogP contribution is 2.41. The zero-order valence-electron chi connectivity index (χ0n) is 33.0. The van der Waals surface area contributed by atoms with Crippen LogP contribution in [0.1, 0.15) is 0 Å². The fourth-order valence-electron chi connectivity index (χ4n) is 8.86. The maximum Gasteiger partial charge on any atom is 0.0462 e. The summed E-state index contributed by atoms with van der Waals surface area (Å²) in [5.41, 5.74) is 11.5. The molecule has 0 aliphatic rings. The van der Waals surface area contributed by atoms with Gasteiger partial charge >= 0.3 is 0 Å². The van der Waals surface area contributed by atoms with Crippen molar-refractivity contribution in [2.24, 2.45) is 0 Å². The SMILES string of the molecule is c1ccc(N(c2ccccc2)c2ccc(-c3ccc4ccc5ccc6ccc7ccc(-c8ccc(N(c9ccccc9)c9ccccc9)cc8)cc7c6c5c4c3)cc2)cc1. The van der Waals surface area contributed by atoms with E-state index in [0.717, 1.165) is 34.1 Å². The van der Waals surface area contributed by atoms with Crippen molar-refractivity contribution in [1.82, 2.24) is 0 Å². The summed E-state index contributed by atoms with van der Waals surface area (Å²) in [6, 6.07) is 87.8. The molecule has 0 radical (unpaired) electrons. The maximum atomic E-state index is 2.39. The van der Waals surface area contributed by atoms with E-state index in [1.165, 1.54) is 65.3 Å². The van der Waals surface area contributed by atoms with Gasteiger partial charge in [0.1, 0.15) is 0 Å². The third-order valence-electron chi connectivity index (χ3n) is 11.8. The fraction of sp³-hybridized carbons (Fsp3) is 0. The number of hydrogen-bond acceptors (Lipinski definition) is 2. The number of anilines is 6. The molecule has 0 unspecified atom stereocenters. The van der Waals surface area contributed by atoms with Crippen LogP contribution in [-0.4, -0.2) is 0 Å². The smallest absolute Gasteiger partial charge is 0.0462 e. The number of hydrogen-bond donors (Lipinski definition) is 0. The molecule has 0 heterocycles. The lowest BCUT2D eigenvalue weighted by molar-refractivity contribution is 1.28. The average Bonchev–Trinajstić information content (AvgIpc) is 3.33. The van der Waals surface area contributed by atoms with E-state index in [9.17, 15) is 0 Å². The zero-order valence-corrected chi connectivity index (χ0v) is 33.0. The fourth-order valence-corrected chi connectivity index (χ4v) is 8.86. The molecule has 2 nitrogen and oxygen atoms in total. The molecule has 0 aliphatic carbocycles. The minimum atomic E-state index is 1.12. The van der Waals surface area contributed by atoms with E-state index < -0.39 is 0 Å². The first-order chi connectivity index (χ1) is 29.7. The Labute approximate surface area is 350 Å². The topological polar surface area (TPSA) is 6.48 Å². The Morgan fingerprint density at radius 1 is 0.200 bits per heavy atom. The third-order valence-corrected chi connectivity index (χ3v) is 11.8. The molecule has 0 fully saturated rings. The predicted octanol–water partition coefficient (Wildman–Crippen LogP) is 16.6. The minimum Gasteiger partial charge on any atom is -0.311 e. The summed E-state index contributed by atoms with van der Waals surface area (Å²) in [6.07, 6.45) is 0. The van der Waals surface area contributed by atoms with E-state index in [0.29, 0.717) is 0 Å². The van der Waals surface area contributed by atoms with Gasteiger partial charge in [-0.2, -0.15) is 0 Å². The Bertz CT molecular complexity index is 2960. The van der Waals surface area contributed by atoms with Crippen molar-refractivity contribution in [3.63, 3.8) is 0 Å². The largest absolute Gasteiger partial charge is 0.311 e. The number of rotatable bonds is 8. The lowest BCUT2D eigenvalue weighted by Gasteiger charge is -2.25. The average molecular weight is 765 g/mol. The van der Waals surface area contributed by atoms with Gasteiger partial charge in [-0.25, -0.2) is 0 Å². The first-order valence-corrected chi connectivity index (χ1v) is 20.6. The van der Waals surface area contributed by atoms with E-state index >= 15 is 0 Å². The molecule has 11 rings (SSSR count). The van der Waals surface area contributed by atoms with Crippen LogP contribution in [0.4, 0.5) is 34.1 Å². The van der Waals surface area contributed by atoms with Crippen molar-refractivity contribution in [2.75, 3.05) is 9.80 Å². The highest BCUT2D eigenvalue weighted by molar-refractivity contribution is 6.28. The van der Waals surface area contributed by atoms with E-state index in [1.807, 2.05) is 0 Å². The lowest BCUT2D eigenvalue weighted by atomic mass is 9.90. The molecular formula is C58H40N2. The summed E-state index contributed by atoms with van der Waals surface area (Å²) in [7, 11) is 0. The number of nitrogens with zero attached hydrogens (tertiary/aromatic N) is 2. The van der Waals surface area contributed by atoms with Gasteiger partial charge in [0.2, 0.25) is 0 Å². The van der Waals surface area contributed by atoms with Crippen LogP contribution in [0.3, 0.4) is 0 Å². The Kier molecular flexibility index (Phi) is 8.87. The second kappa shape index (κ2) is 15.1. The molecule has 0 N–H and O–H groups in total. The molecule has 0 saturated carbocycles. The van der Waals surface area contributed by atoms with Gasteiger partial charge in [0.05, 0.1) is 0 Å². The van der Waals surface area contributed by atoms with Crippen LogP contribution in [0.5, 0.6) is 0 Å². The molecular weight excluding hydrogens is 725 g/mol. The number of fused-ring (bicyclic) bond motifs is 7. The van der Waals surface area contributed by atoms with Gasteiger partial charge in [-0.05, 0) is 150 Å². The van der Waals surface area contributed by atoms with Crippen molar-refractivity contribution in [3.05, 3.63) is 243 Å². The van der Waals surface area contributed by atoms with Crippen molar-refractivity contribution in [2.45, 2.75) is 0 Å². The van der Waals surface area contributed by atoms with Gasteiger partial charge in [0, 0.05) is 34.1 Å². The van der Waals surface area contributed by atoms with Crippen LogP contribution in [0.2, 0.25) is 0 Å². The second-order valence-corrected chi connectivity index (χ2v) is 15.4. The van der Waals surface area contributed by atoms with E-state index in [2.05, 4.69) is 252 Å². The van der Waals surface area contributed by atoms with Crippen LogP contribution in [-0.2, 0) is 0 Å². The molecule has 0 spiro atoms. The van der Waals surface area contributed by atoms with Gasteiger partial charge in [-0.3, -0.25) is 0 Å². The van der Waals surface area contributed by atoms with Gasteiger partial charge in [-0.15, -0.1) is 0 Å². The van der Waals surface area contributed by atoms with Crippen LogP contribution in [0.25, 0.3) is 65.3 Å². The van der Waals surface area contributed by atoms with Crippen molar-refractivity contribution < 1.29 is 0 Å². The third kappa shape index (κ3) is 6.41. The quantitative estimate of drug-likeness (QED) is 0.142. The summed E-state index contributed by atoms with van der Waals surface area (Å²) in [5.74, 6) is 0. The second-order valence-electron chi connectivity index (χ2n) is 15.4. The van der Waals surface area contributed by atoms with Crippen LogP contribution in [0.15, 0.2) is 243 Å². The van der Waals surface area contributed by atoms with Crippen molar-refractivity contribution in [3.8, 4) is 22.3 Å². The van der Waals surface area contributed by atoms with E-state index in [-0.39, 0.29) is 0 Å². The molecule has 0 amide bonds. The van der Waals surface area contributed by atoms with Crippen LogP contribution in [0, 0.1) is 0 Å². The summed E-state index contributed by atoms with van der Waals surface area (Å²) >= 11 is 0. The van der Waals surface area contributed by atoms with Gasteiger partial charge in [0.25, 0.3) is 0 Å². The molecule has 0 aromatic heterocycles. The molecule has 0 aliphatic heterocycles. The van der Waals surface area contributed by atoms with Crippen molar-refractivity contribution >= 4 is 77.2 Å². The van der Waals surface area contributed by atoms with E-state index in [4.69, 9.17) is 0 Å². The van der Waals surface area contributed by atoms with Gasteiger partial charge < -0.3 is 9.80 Å². The van der Waals surface area contributed by atoms with Crippen LogP contribution < -0.4 is 9.80 Å². The molecule has 11 aromatic rings. The zero-order chi connectivity index (χ0) is 39.8. The predicted molar refractivity (Wildman–Crippen MR) is 257 cm³/mol. The Morgan fingerprint density at radius 2 is 0.450 bits per heavy atom. The maximum absolute atomic E-state index is 2.39. The molecule has 0 bridgehead atoms. The monoisotopic (exact) mass is 764 g/mol. The highest BCUT2D eigenvalue weighted by atomic mass is 15.1. The number of para-hydroxylation sites is 4. The van der Waals surface area contributed by atoms with Crippen molar-refractivity contribution in [1.29, 1.82) is 0 Å². The Morgan fingerprint density at radius 3 is 0.767 bits per heavy atom. The van der Waals surface area contributed by atoms with Crippen LogP contribution >= 0.6 is 0 Å². The standard InChI is InChI=1S/C58H40N2/c1-5-13-49(14-6-1)59(50-15-7-2-8-16-50)53-35-31-41(32-36-53)47-29-23-43-21-25-45-27-28-46-26-22-44-24-30-48(40-56(44)58(46)57(45)55(43)39-47)42-33-37-54(38-34-42)60(51-17-9-3-10-18-51)52-19-11-4-12-20-52/h1-40H. The number of benzene rings is 11. The molecule has 282 valence electrons. The normalized spacial score (nSPS) is 11.3. The highest BCUT2D eigenvalue weighted by Gasteiger charge is 2.16. The lowest BCUT2D eigenvalue weighted by Crippen LogP contribution is -2.09. The van der Waals surface area contributed by atoms with Gasteiger partial charge in [-0.1, -0.05) is 158 Å². The summed E-state index contributed by atoms with van der Waals surface area (Å²) in [6.45, 7) is 0. The summed E-state index contributed by atoms with van der Waals surface area (Å²) in [5, 5.41) is 10.1. The van der Waals surface area contributed by atoms with Gasteiger partial charge in [0.15, 0.2) is 0 Å². The molecule has 11 aromatic carbocycles. The first-order valence-electron chi connectivity index (χ1n) is 20.6. The summed E-state index contributed by atoms with van der Waals surface area (Å²) in [4.78, 5) is 4.61. The van der Waals surface area contributed by atoms with E-state index in [1.54, 1.807) is 0 Å². The summed E-state index contributed by atoms with van der Waals surface area (Å²) < 4.78 is 0. The Balaban J connectivity index is 1.00. The molecule has 60 heavy (non-hydrogen) atoms. The molecule has 0 saturated heterocycles. The first kappa shape index (κ1) is 35.2. The minimum absolute atomic E-state index is 1.12. The Hall–Kier alpha value is -7.94.